The summed E-state index contributed by atoms with van der Waals surface area (Å²) in [6, 6.07) is 15.4. The molecule has 0 radical (unpaired) electrons. The summed E-state index contributed by atoms with van der Waals surface area (Å²) in [6.07, 6.45) is 3.31. The molecule has 1 heterocycles. The minimum absolute atomic E-state index is 0.0137. The second-order valence-corrected chi connectivity index (χ2v) is 9.75. The number of hydroxylamine groups is 1. The molecule has 2 aromatic carbocycles. The van der Waals surface area contributed by atoms with Crippen LogP contribution in [0.4, 0.5) is 0 Å². The molecule has 0 aliphatic heterocycles. The molecule has 0 saturated heterocycles. The van der Waals surface area contributed by atoms with E-state index in [4.69, 9.17) is 10.3 Å². The molecule has 0 spiro atoms. The number of unbranched alkanes of at least 4 members (excludes halogenated alkanes) is 3. The number of aromatic nitrogens is 2. The first-order valence-corrected chi connectivity index (χ1v) is 12.7. The smallest absolute Gasteiger partial charge is 0.271 e. The first kappa shape index (κ1) is 26.1. The fraction of sp³-hybridized carbons (Fsp3) is 0.292. The largest absolute Gasteiger partial charge is 0.351 e. The lowest BCUT2D eigenvalue weighted by Crippen LogP contribution is -2.25. The number of carbonyl (C=O) groups excluding carboxylic acids is 2. The highest BCUT2D eigenvalue weighted by Crippen LogP contribution is 2.25. The number of benzene rings is 2. The standard InChI is InChI=1S/C24H29N5O5S/c1-17-7-9-18(10-8-17)22-16-21(24(31)26-15-5-3-2-4-6-23(30)28-32)27-29(22)19-11-13-20(14-12-19)35(25,33)34/h7-14,16,32H,2-6,15H2,1H3,(H,26,31)(H,28,30)(H2,25,33,34). The first-order chi connectivity index (χ1) is 16.7. The van der Waals surface area contributed by atoms with E-state index < -0.39 is 15.9 Å². The molecule has 35 heavy (non-hydrogen) atoms. The Morgan fingerprint density at radius 1 is 1.00 bits per heavy atom. The zero-order valence-electron chi connectivity index (χ0n) is 19.4. The van der Waals surface area contributed by atoms with Crippen LogP contribution < -0.4 is 15.9 Å². The zero-order valence-corrected chi connectivity index (χ0v) is 20.2. The van der Waals surface area contributed by atoms with E-state index in [-0.39, 0.29) is 22.9 Å². The van der Waals surface area contributed by atoms with Crippen molar-refractivity contribution in [1.82, 2.24) is 20.6 Å². The lowest BCUT2D eigenvalue weighted by Gasteiger charge is -2.08. The predicted octanol–water partition coefficient (Wildman–Crippen LogP) is 2.68. The molecule has 0 saturated carbocycles. The van der Waals surface area contributed by atoms with Gasteiger partial charge in [0.25, 0.3) is 5.91 Å². The highest BCUT2D eigenvalue weighted by atomic mass is 32.2. The van der Waals surface area contributed by atoms with Crippen molar-refractivity contribution in [3.8, 4) is 16.9 Å². The third-order valence-corrected chi connectivity index (χ3v) is 6.37. The molecule has 0 bridgehead atoms. The fourth-order valence-electron chi connectivity index (χ4n) is 3.51. The lowest BCUT2D eigenvalue weighted by atomic mass is 10.1. The maximum absolute atomic E-state index is 12.8. The summed E-state index contributed by atoms with van der Waals surface area (Å²) in [5.74, 6) is -0.726. The van der Waals surface area contributed by atoms with Crippen molar-refractivity contribution in [1.29, 1.82) is 0 Å². The summed E-state index contributed by atoms with van der Waals surface area (Å²) in [6.45, 7) is 2.44. The van der Waals surface area contributed by atoms with Crippen LogP contribution in [0, 0.1) is 6.92 Å². The van der Waals surface area contributed by atoms with Crippen LogP contribution in [0.1, 0.15) is 48.2 Å². The molecular weight excluding hydrogens is 470 g/mol. The number of nitrogens with one attached hydrogen (secondary N) is 2. The van der Waals surface area contributed by atoms with Gasteiger partial charge in [0.15, 0.2) is 5.69 Å². The molecule has 0 unspecified atom stereocenters. The Kier molecular flexibility index (Phi) is 8.74. The second kappa shape index (κ2) is 11.7. The topological polar surface area (TPSA) is 156 Å². The van der Waals surface area contributed by atoms with E-state index in [1.165, 1.54) is 12.1 Å². The maximum Gasteiger partial charge on any atom is 0.271 e. The summed E-state index contributed by atoms with van der Waals surface area (Å²) in [4.78, 5) is 23.8. The average molecular weight is 500 g/mol. The molecular formula is C24H29N5O5S. The predicted molar refractivity (Wildman–Crippen MR) is 130 cm³/mol. The van der Waals surface area contributed by atoms with Crippen molar-refractivity contribution in [2.75, 3.05) is 6.54 Å². The molecule has 1 aromatic heterocycles. The Labute approximate surface area is 204 Å². The first-order valence-electron chi connectivity index (χ1n) is 11.2. The quantitative estimate of drug-likeness (QED) is 0.180. The van der Waals surface area contributed by atoms with Gasteiger partial charge in [-0.1, -0.05) is 42.7 Å². The monoisotopic (exact) mass is 499 g/mol. The van der Waals surface area contributed by atoms with Gasteiger partial charge in [-0.25, -0.2) is 23.7 Å². The zero-order chi connectivity index (χ0) is 25.4. The van der Waals surface area contributed by atoms with Crippen LogP contribution in [0.5, 0.6) is 0 Å². The van der Waals surface area contributed by atoms with Crippen molar-refractivity contribution in [3.05, 3.63) is 65.9 Å². The number of nitrogens with two attached hydrogens (primary N) is 1. The summed E-state index contributed by atoms with van der Waals surface area (Å²) < 4.78 is 24.8. The van der Waals surface area contributed by atoms with E-state index in [2.05, 4.69) is 10.4 Å². The van der Waals surface area contributed by atoms with Gasteiger partial charge in [-0.2, -0.15) is 5.10 Å². The third-order valence-electron chi connectivity index (χ3n) is 5.44. The normalized spacial score (nSPS) is 11.3. The summed E-state index contributed by atoms with van der Waals surface area (Å²) in [5, 5.41) is 21.0. The summed E-state index contributed by atoms with van der Waals surface area (Å²) in [5.41, 5.74) is 5.04. The van der Waals surface area contributed by atoms with Crippen molar-refractivity contribution in [3.63, 3.8) is 0 Å². The molecule has 186 valence electrons. The van der Waals surface area contributed by atoms with Crippen molar-refractivity contribution >= 4 is 21.8 Å². The van der Waals surface area contributed by atoms with Crippen LogP contribution in [0.25, 0.3) is 16.9 Å². The van der Waals surface area contributed by atoms with Gasteiger partial charge in [-0.05, 0) is 50.1 Å². The molecule has 0 aliphatic carbocycles. The second-order valence-electron chi connectivity index (χ2n) is 8.19. The number of nitrogens with zero attached hydrogens (tertiary/aromatic N) is 2. The minimum atomic E-state index is -3.83. The number of hydrogen-bond donors (Lipinski definition) is 4. The Bertz CT molecular complexity index is 1270. The minimum Gasteiger partial charge on any atom is -0.351 e. The molecule has 5 N–H and O–H groups in total. The Morgan fingerprint density at radius 3 is 2.29 bits per heavy atom. The van der Waals surface area contributed by atoms with Gasteiger partial charge in [0, 0.05) is 18.5 Å². The number of primary sulfonamides is 1. The fourth-order valence-corrected chi connectivity index (χ4v) is 4.02. The van der Waals surface area contributed by atoms with Crippen LogP contribution in [0.15, 0.2) is 59.5 Å². The van der Waals surface area contributed by atoms with E-state index in [9.17, 15) is 18.0 Å². The molecule has 0 atom stereocenters. The molecule has 3 aromatic rings. The number of amides is 2. The maximum atomic E-state index is 12.8. The van der Waals surface area contributed by atoms with E-state index >= 15 is 0 Å². The molecule has 11 heteroatoms. The van der Waals surface area contributed by atoms with Gasteiger partial charge in [0.2, 0.25) is 15.9 Å². The van der Waals surface area contributed by atoms with Crippen molar-refractivity contribution in [2.24, 2.45) is 5.14 Å². The van der Waals surface area contributed by atoms with Crippen molar-refractivity contribution in [2.45, 2.75) is 43.9 Å². The van der Waals surface area contributed by atoms with Gasteiger partial charge in [-0.3, -0.25) is 14.8 Å². The molecule has 0 fully saturated rings. The summed E-state index contributed by atoms with van der Waals surface area (Å²) >= 11 is 0. The number of rotatable bonds is 11. The van der Waals surface area contributed by atoms with Crippen LogP contribution in [0.2, 0.25) is 0 Å². The molecule has 0 aliphatic rings. The Hall–Kier alpha value is -3.54. The average Bonchev–Trinajstić information content (AvgIpc) is 3.28. The van der Waals surface area contributed by atoms with Crippen LogP contribution >= 0.6 is 0 Å². The Balaban J connectivity index is 1.73. The van der Waals surface area contributed by atoms with Crippen molar-refractivity contribution < 1.29 is 23.2 Å². The molecule has 3 rings (SSSR count). The van der Waals surface area contributed by atoms with Gasteiger partial charge in [0.05, 0.1) is 16.3 Å². The number of sulfonamides is 1. The van der Waals surface area contributed by atoms with Gasteiger partial charge < -0.3 is 5.32 Å². The Morgan fingerprint density at radius 2 is 1.66 bits per heavy atom. The lowest BCUT2D eigenvalue weighted by molar-refractivity contribution is -0.129. The van der Waals surface area contributed by atoms with Gasteiger partial charge in [0.1, 0.15) is 0 Å². The highest BCUT2D eigenvalue weighted by Gasteiger charge is 2.17. The number of hydrogen-bond acceptors (Lipinski definition) is 6. The van der Waals surface area contributed by atoms with Crippen LogP contribution in [-0.2, 0) is 14.8 Å². The SMILES string of the molecule is Cc1ccc(-c2cc(C(=O)NCCCCCCC(=O)NO)nn2-c2ccc(S(N)(=O)=O)cc2)cc1. The van der Waals surface area contributed by atoms with E-state index in [0.29, 0.717) is 24.3 Å². The number of carbonyl (C=O) groups is 2. The van der Waals surface area contributed by atoms with E-state index in [1.807, 2.05) is 31.2 Å². The van der Waals surface area contributed by atoms with Crippen LogP contribution in [0.3, 0.4) is 0 Å². The van der Waals surface area contributed by atoms with E-state index in [1.54, 1.807) is 28.4 Å². The van der Waals surface area contributed by atoms with Gasteiger partial charge >= 0.3 is 0 Å². The molecule has 2 amide bonds. The van der Waals surface area contributed by atoms with Crippen LogP contribution in [-0.4, -0.2) is 41.8 Å². The highest BCUT2D eigenvalue weighted by molar-refractivity contribution is 7.89. The summed E-state index contributed by atoms with van der Waals surface area (Å²) in [7, 11) is -3.83. The number of aryl methyl sites for hydroxylation is 1. The third kappa shape index (κ3) is 7.22. The van der Waals surface area contributed by atoms with Gasteiger partial charge in [-0.15, -0.1) is 0 Å². The molecule has 10 nitrogen and oxygen atoms in total. The van der Waals surface area contributed by atoms with E-state index in [0.717, 1.165) is 30.4 Å².